The first-order chi connectivity index (χ1) is 31.8. The van der Waals surface area contributed by atoms with Crippen molar-refractivity contribution in [1.82, 2.24) is 5.32 Å². The lowest BCUT2D eigenvalue weighted by atomic mass is 9.99. The molecule has 0 saturated carbocycles. The van der Waals surface area contributed by atoms with Gasteiger partial charge in [0.2, 0.25) is 5.91 Å². The summed E-state index contributed by atoms with van der Waals surface area (Å²) in [6.07, 6.45) is 53.1. The first-order valence-corrected chi connectivity index (χ1v) is 27.4. The van der Waals surface area contributed by atoms with Gasteiger partial charge in [0.15, 0.2) is 6.29 Å². The summed E-state index contributed by atoms with van der Waals surface area (Å²) in [7, 11) is 0. The van der Waals surface area contributed by atoms with E-state index in [4.69, 9.17) is 9.47 Å². The van der Waals surface area contributed by atoms with Crippen LogP contribution >= 0.6 is 0 Å². The SMILES string of the molecule is CCCCCCCCCC/C=C\CCCCCCCCCCCCCC(=O)NC(COC1OC(CO)C(O)C(O)C1O)C(O)/C=C/CC/C=C/CC/C=C/CCCCCCCCCCC. The fourth-order valence-corrected chi connectivity index (χ4v) is 8.48. The van der Waals surface area contributed by atoms with Crippen LogP contribution in [0.15, 0.2) is 48.6 Å². The Labute approximate surface area is 399 Å². The second kappa shape index (κ2) is 45.9. The molecular weight excluding hydrogens is 815 g/mol. The second-order valence-corrected chi connectivity index (χ2v) is 19.0. The third-order valence-corrected chi connectivity index (χ3v) is 12.9. The van der Waals surface area contributed by atoms with Gasteiger partial charge in [0.25, 0.3) is 0 Å². The van der Waals surface area contributed by atoms with Crippen LogP contribution in [0.3, 0.4) is 0 Å². The first-order valence-electron chi connectivity index (χ1n) is 27.4. The number of aliphatic hydroxyl groups is 5. The molecule has 1 rings (SSSR count). The summed E-state index contributed by atoms with van der Waals surface area (Å²) < 4.78 is 11.2. The smallest absolute Gasteiger partial charge is 0.220 e. The van der Waals surface area contributed by atoms with Crippen LogP contribution < -0.4 is 5.32 Å². The molecule has 1 aliphatic rings. The minimum atomic E-state index is -1.57. The summed E-state index contributed by atoms with van der Waals surface area (Å²) >= 11 is 0. The fraction of sp³-hybridized carbons (Fsp3) is 0.839. The van der Waals surface area contributed by atoms with Crippen LogP contribution in [-0.4, -0.2) is 87.5 Å². The normalized spacial score (nSPS) is 20.3. The Morgan fingerprint density at radius 2 is 0.877 bits per heavy atom. The summed E-state index contributed by atoms with van der Waals surface area (Å²) in [6, 6.07) is -0.829. The third kappa shape index (κ3) is 35.9. The van der Waals surface area contributed by atoms with Gasteiger partial charge in [0.05, 0.1) is 25.4 Å². The van der Waals surface area contributed by atoms with Crippen LogP contribution in [0.2, 0.25) is 0 Å². The molecule has 65 heavy (non-hydrogen) atoms. The highest BCUT2D eigenvalue weighted by molar-refractivity contribution is 5.76. The number of carbonyl (C=O) groups excluding carboxylic acids is 1. The predicted molar refractivity (Wildman–Crippen MR) is 272 cm³/mol. The number of ether oxygens (including phenoxy) is 2. The number of nitrogens with one attached hydrogen (secondary N) is 1. The molecule has 7 atom stereocenters. The number of carbonyl (C=O) groups is 1. The summed E-state index contributed by atoms with van der Waals surface area (Å²) in [5.74, 6) is -0.191. The Kier molecular flexibility index (Phi) is 43.2. The Balaban J connectivity index is 2.29. The highest BCUT2D eigenvalue weighted by atomic mass is 16.7. The van der Waals surface area contributed by atoms with Crippen LogP contribution in [0.1, 0.15) is 245 Å². The van der Waals surface area contributed by atoms with E-state index in [1.54, 1.807) is 6.08 Å². The van der Waals surface area contributed by atoms with Crippen molar-refractivity contribution in [1.29, 1.82) is 0 Å². The zero-order chi connectivity index (χ0) is 47.3. The van der Waals surface area contributed by atoms with Crippen molar-refractivity contribution in [2.75, 3.05) is 13.2 Å². The average Bonchev–Trinajstić information content (AvgIpc) is 3.31. The number of unbranched alkanes of at least 4 members (excludes halogenated alkanes) is 30. The summed E-state index contributed by atoms with van der Waals surface area (Å²) in [5.41, 5.74) is 0. The number of aliphatic hydroxyl groups excluding tert-OH is 5. The van der Waals surface area contributed by atoms with E-state index in [1.165, 1.54) is 180 Å². The summed E-state index contributed by atoms with van der Waals surface area (Å²) in [4.78, 5) is 13.0. The van der Waals surface area contributed by atoms with Crippen molar-refractivity contribution in [2.24, 2.45) is 0 Å². The van der Waals surface area contributed by atoms with E-state index in [0.29, 0.717) is 6.42 Å². The summed E-state index contributed by atoms with van der Waals surface area (Å²) in [6.45, 7) is 3.77. The molecule has 0 aromatic rings. The Morgan fingerprint density at radius 1 is 0.508 bits per heavy atom. The van der Waals surface area contributed by atoms with Crippen molar-refractivity contribution in [3.05, 3.63) is 48.6 Å². The van der Waals surface area contributed by atoms with E-state index >= 15 is 0 Å². The molecule has 0 spiro atoms. The van der Waals surface area contributed by atoms with Crippen LogP contribution in [0.25, 0.3) is 0 Å². The molecule has 380 valence electrons. The maximum Gasteiger partial charge on any atom is 0.220 e. The fourth-order valence-electron chi connectivity index (χ4n) is 8.48. The largest absolute Gasteiger partial charge is 0.394 e. The molecule has 0 aliphatic carbocycles. The standard InChI is InChI=1S/C56H103NO8/c1-3-5-7-9-11-13-15-17-19-21-23-24-25-26-28-30-32-34-36-38-40-42-44-46-52(60)57-49(48-64-56-55(63)54(62)53(61)51(47-58)65-56)50(59)45-43-41-39-37-35-33-31-29-27-22-20-18-16-14-12-10-8-6-4-2/h21,23,27,29,35,37,43,45,49-51,53-56,58-59,61-63H,3-20,22,24-26,28,30-34,36,38-42,44,46-48H2,1-2H3,(H,57,60)/b23-21-,29-27+,37-35+,45-43+. The third-order valence-electron chi connectivity index (χ3n) is 12.9. The number of hydrogen-bond donors (Lipinski definition) is 6. The maximum absolute atomic E-state index is 13.0. The summed E-state index contributed by atoms with van der Waals surface area (Å²) in [5, 5.41) is 54.4. The van der Waals surface area contributed by atoms with Crippen molar-refractivity contribution >= 4 is 5.91 Å². The van der Waals surface area contributed by atoms with Crippen LogP contribution in [0, 0.1) is 0 Å². The van der Waals surface area contributed by atoms with Crippen LogP contribution in [0.4, 0.5) is 0 Å². The highest BCUT2D eigenvalue weighted by Gasteiger charge is 2.44. The molecule has 7 unspecified atom stereocenters. The zero-order valence-electron chi connectivity index (χ0n) is 42.0. The quantitative estimate of drug-likeness (QED) is 0.0261. The molecule has 1 amide bonds. The van der Waals surface area contributed by atoms with Gasteiger partial charge in [-0.15, -0.1) is 0 Å². The van der Waals surface area contributed by atoms with Gasteiger partial charge in [0, 0.05) is 6.42 Å². The van der Waals surface area contributed by atoms with E-state index in [0.717, 1.165) is 44.9 Å². The molecule has 1 heterocycles. The van der Waals surface area contributed by atoms with Crippen molar-refractivity contribution in [3.63, 3.8) is 0 Å². The van der Waals surface area contributed by atoms with Crippen molar-refractivity contribution < 1.29 is 39.8 Å². The van der Waals surface area contributed by atoms with Gasteiger partial charge in [-0.2, -0.15) is 0 Å². The van der Waals surface area contributed by atoms with Gasteiger partial charge in [-0.25, -0.2) is 0 Å². The van der Waals surface area contributed by atoms with Crippen molar-refractivity contribution in [2.45, 2.75) is 288 Å². The molecule has 6 N–H and O–H groups in total. The highest BCUT2D eigenvalue weighted by Crippen LogP contribution is 2.23. The minimum absolute atomic E-state index is 0.191. The Hall–Kier alpha value is -1.85. The molecule has 9 nitrogen and oxygen atoms in total. The van der Waals surface area contributed by atoms with E-state index in [9.17, 15) is 30.3 Å². The Morgan fingerprint density at radius 3 is 1.29 bits per heavy atom. The lowest BCUT2D eigenvalue weighted by molar-refractivity contribution is -0.302. The van der Waals surface area contributed by atoms with E-state index in [1.807, 2.05) is 6.08 Å². The van der Waals surface area contributed by atoms with E-state index in [2.05, 4.69) is 55.6 Å². The topological polar surface area (TPSA) is 149 Å². The molecule has 1 aliphatic heterocycles. The predicted octanol–water partition coefficient (Wildman–Crippen LogP) is 13.0. The van der Waals surface area contributed by atoms with E-state index in [-0.39, 0.29) is 12.5 Å². The van der Waals surface area contributed by atoms with Gasteiger partial charge in [-0.05, 0) is 70.6 Å². The zero-order valence-corrected chi connectivity index (χ0v) is 42.0. The lowest BCUT2D eigenvalue weighted by Crippen LogP contribution is -2.60. The lowest BCUT2D eigenvalue weighted by Gasteiger charge is -2.40. The number of allylic oxidation sites excluding steroid dienone is 7. The molecule has 0 radical (unpaired) electrons. The van der Waals surface area contributed by atoms with Gasteiger partial charge >= 0.3 is 0 Å². The molecule has 0 bridgehead atoms. The van der Waals surface area contributed by atoms with Gasteiger partial charge in [-0.1, -0.05) is 217 Å². The van der Waals surface area contributed by atoms with Gasteiger partial charge < -0.3 is 40.3 Å². The van der Waals surface area contributed by atoms with E-state index < -0.39 is 49.5 Å². The number of hydrogen-bond acceptors (Lipinski definition) is 8. The number of amides is 1. The van der Waals surface area contributed by atoms with Crippen LogP contribution in [0.5, 0.6) is 0 Å². The molecule has 9 heteroatoms. The second-order valence-electron chi connectivity index (χ2n) is 19.0. The Bertz CT molecular complexity index is 1160. The minimum Gasteiger partial charge on any atom is -0.394 e. The molecule has 1 fully saturated rings. The van der Waals surface area contributed by atoms with Crippen LogP contribution in [-0.2, 0) is 14.3 Å². The number of rotatable bonds is 46. The molecule has 0 aromatic heterocycles. The molecule has 0 aromatic carbocycles. The maximum atomic E-state index is 13.0. The first kappa shape index (κ1) is 61.2. The monoisotopic (exact) mass is 918 g/mol. The van der Waals surface area contributed by atoms with Gasteiger partial charge in [0.1, 0.15) is 24.4 Å². The van der Waals surface area contributed by atoms with Crippen molar-refractivity contribution in [3.8, 4) is 0 Å². The molecule has 1 saturated heterocycles. The average molecular weight is 918 g/mol. The van der Waals surface area contributed by atoms with Gasteiger partial charge in [-0.3, -0.25) is 4.79 Å². The molecular formula is C56H103NO8.